The zero-order chi connectivity index (χ0) is 8.78. The molecule has 0 amide bonds. The van der Waals surface area contributed by atoms with Crippen molar-refractivity contribution in [2.45, 2.75) is 13.0 Å². The van der Waals surface area contributed by atoms with E-state index in [0.717, 1.165) is 0 Å². The summed E-state index contributed by atoms with van der Waals surface area (Å²) in [5.41, 5.74) is 4.92. The molecule has 0 aliphatic carbocycles. The van der Waals surface area contributed by atoms with Gasteiger partial charge in [-0.25, -0.2) is 0 Å². The van der Waals surface area contributed by atoms with E-state index >= 15 is 0 Å². The molecule has 0 aromatic carbocycles. The van der Waals surface area contributed by atoms with Gasteiger partial charge in [-0.15, -0.1) is 0 Å². The first-order valence-electron chi connectivity index (χ1n) is 2.28. The van der Waals surface area contributed by atoms with Crippen LogP contribution in [0.5, 0.6) is 0 Å². The van der Waals surface area contributed by atoms with Gasteiger partial charge in [-0.2, -0.15) is 14.0 Å². The van der Waals surface area contributed by atoms with E-state index in [1.807, 2.05) is 0 Å². The second kappa shape index (κ2) is 5.81. The minimum Gasteiger partial charge on any atom is -0.392 e. The van der Waals surface area contributed by atoms with Crippen LogP contribution in [0.3, 0.4) is 0 Å². The van der Waals surface area contributed by atoms with Gasteiger partial charge in [-0.05, 0) is 6.92 Å². The van der Waals surface area contributed by atoms with E-state index in [1.54, 1.807) is 6.92 Å². The highest BCUT2D eigenvalue weighted by Crippen LogP contribution is 1.65. The van der Waals surface area contributed by atoms with Gasteiger partial charge >= 0.3 is 0 Å². The Hall–Kier alpha value is 0.0500. The summed E-state index contributed by atoms with van der Waals surface area (Å²) in [5, 5.41) is 8.24. The monoisotopic (exact) mass is 175 g/mol. The van der Waals surface area contributed by atoms with Crippen LogP contribution in [0.25, 0.3) is 0 Å². The average molecular weight is 176 g/mol. The van der Waals surface area contributed by atoms with Gasteiger partial charge in [0.25, 0.3) is 0 Å². The number of rotatable bonds is 1. The quantitative estimate of drug-likeness (QED) is 0.366. The first-order chi connectivity index (χ1) is 4.27. The number of hydrogen-bond acceptors (Lipinski definition) is 6. The molecule has 0 aromatic heterocycles. The number of aliphatic hydroxyl groups excluding tert-OH is 1. The van der Waals surface area contributed by atoms with Crippen LogP contribution in [0.2, 0.25) is 0 Å². The normalized spacial score (nSPS) is 13.5. The van der Waals surface area contributed by atoms with Crippen LogP contribution >= 0.6 is 0 Å². The second-order valence-electron chi connectivity index (χ2n) is 1.48. The lowest BCUT2D eigenvalue weighted by molar-refractivity contribution is -1.92. The molecule has 1 atom stereocenters. The first kappa shape index (κ1) is 12.7. The SMILES string of the molecule is CC(O)CN.[O-][Cl+3]([O-])([O-])O. The third-order valence-corrected chi connectivity index (χ3v) is 0.341. The summed E-state index contributed by atoms with van der Waals surface area (Å²) in [5.74, 6) is 0. The Bertz CT molecular complexity index is 65.8. The van der Waals surface area contributed by atoms with Crippen molar-refractivity contribution in [2.75, 3.05) is 6.54 Å². The van der Waals surface area contributed by atoms with Gasteiger partial charge in [-0.1, -0.05) is 0 Å². The van der Waals surface area contributed by atoms with Crippen molar-refractivity contribution in [3.05, 3.63) is 0 Å². The third kappa shape index (κ3) is 95.2. The molecule has 0 saturated heterocycles. The highest BCUT2D eigenvalue weighted by molar-refractivity contribution is 4.40. The van der Waals surface area contributed by atoms with E-state index in [4.69, 9.17) is 29.5 Å². The van der Waals surface area contributed by atoms with Gasteiger partial charge in [0, 0.05) is 6.54 Å². The number of hydrogen-bond donors (Lipinski definition) is 3. The van der Waals surface area contributed by atoms with E-state index in [1.165, 1.54) is 0 Å². The second-order valence-corrected chi connectivity index (χ2v) is 2.27. The molecule has 64 valence electrons. The Morgan fingerprint density at radius 1 is 1.50 bits per heavy atom. The van der Waals surface area contributed by atoms with Crippen LogP contribution in [0.15, 0.2) is 0 Å². The van der Waals surface area contributed by atoms with E-state index in [2.05, 4.69) is 0 Å². The van der Waals surface area contributed by atoms with Gasteiger partial charge in [0.1, 0.15) is 0 Å². The highest BCUT2D eigenvalue weighted by Gasteiger charge is 1.98. The van der Waals surface area contributed by atoms with Crippen molar-refractivity contribution in [1.82, 2.24) is 0 Å². The summed E-state index contributed by atoms with van der Waals surface area (Å²) in [6, 6.07) is 0. The molecule has 0 heterocycles. The van der Waals surface area contributed by atoms with Crippen molar-refractivity contribution < 1.29 is 34.0 Å². The summed E-state index contributed by atoms with van der Waals surface area (Å²) in [7, 11) is -4.69. The van der Waals surface area contributed by atoms with Gasteiger partial charge in [-0.3, -0.25) is 0 Å². The van der Waals surface area contributed by atoms with Crippen molar-refractivity contribution in [3.8, 4) is 0 Å². The molecule has 0 fully saturated rings. The molecule has 0 bridgehead atoms. The zero-order valence-corrected chi connectivity index (χ0v) is 6.11. The topological polar surface area (TPSA) is 136 Å². The fraction of sp³-hybridized carbons (Fsp3) is 1.00. The molecule has 0 aromatic rings. The van der Waals surface area contributed by atoms with Gasteiger partial charge in [0.05, 0.1) is 21.0 Å². The number of aliphatic hydroxyl groups is 1. The summed E-state index contributed by atoms with van der Waals surface area (Å²) >= 11 is 0. The number of nitrogens with two attached hydrogens (primary N) is 1. The van der Waals surface area contributed by atoms with E-state index in [9.17, 15) is 0 Å². The van der Waals surface area contributed by atoms with Crippen molar-refractivity contribution in [3.63, 3.8) is 0 Å². The third-order valence-electron chi connectivity index (χ3n) is 0.341. The molecule has 0 saturated carbocycles. The summed E-state index contributed by atoms with van der Waals surface area (Å²) in [4.78, 5) is 0. The molecule has 4 N–H and O–H groups in total. The molecule has 10 heavy (non-hydrogen) atoms. The van der Waals surface area contributed by atoms with Crippen molar-refractivity contribution in [2.24, 2.45) is 5.73 Å². The molecule has 7 heteroatoms. The van der Waals surface area contributed by atoms with Gasteiger partial charge in [0.2, 0.25) is 0 Å². The largest absolute Gasteiger partial charge is 0.392 e. The highest BCUT2D eigenvalue weighted by atomic mass is 35.7. The maximum absolute atomic E-state index is 8.60. The lowest BCUT2D eigenvalue weighted by Gasteiger charge is -2.03. The fourth-order valence-electron chi connectivity index (χ4n) is 0. The maximum atomic E-state index is 8.60. The van der Waals surface area contributed by atoms with E-state index < -0.39 is 10.2 Å². The Balaban J connectivity index is 0. The Morgan fingerprint density at radius 3 is 1.60 bits per heavy atom. The predicted octanol–water partition coefficient (Wildman–Crippen LogP) is -4.80. The van der Waals surface area contributed by atoms with E-state index in [0.29, 0.717) is 6.54 Å². The zero-order valence-electron chi connectivity index (χ0n) is 5.36. The van der Waals surface area contributed by atoms with Crippen LogP contribution in [-0.4, -0.2) is 22.4 Å². The Labute approximate surface area is 60.2 Å². The molecule has 0 aliphatic rings. The molecule has 0 aliphatic heterocycles. The standard InChI is InChI=1S/C3H9NO.ClHO4/c1-3(5)2-4;2-1(3,4)5/h3,5H,2,4H2,1H3;(H,2,3,4,5). The minimum absolute atomic E-state index is 0.338. The van der Waals surface area contributed by atoms with Gasteiger partial charge in [0.15, 0.2) is 0 Å². The van der Waals surface area contributed by atoms with Crippen molar-refractivity contribution in [1.29, 1.82) is 0 Å². The lowest BCUT2D eigenvalue weighted by Crippen LogP contribution is -2.58. The predicted molar refractivity (Wildman–Crippen MR) is 23.0 cm³/mol. The first-order valence-corrected chi connectivity index (χ1v) is 3.55. The van der Waals surface area contributed by atoms with Crippen LogP contribution in [0.1, 0.15) is 6.92 Å². The molecular formula is C3H10ClNO5. The molecular weight excluding hydrogens is 165 g/mol. The molecule has 1 unspecified atom stereocenters. The summed E-state index contributed by atoms with van der Waals surface area (Å²) in [6.07, 6.45) is -0.338. The van der Waals surface area contributed by atoms with Crippen LogP contribution in [-0.2, 0) is 0 Å². The lowest BCUT2D eigenvalue weighted by atomic mass is 10.4. The summed E-state index contributed by atoms with van der Waals surface area (Å²) in [6.45, 7) is 2.01. The molecule has 6 nitrogen and oxygen atoms in total. The fourth-order valence-corrected chi connectivity index (χ4v) is 0. The smallest absolute Gasteiger partial charge is 0.0777 e. The van der Waals surface area contributed by atoms with Crippen LogP contribution < -0.4 is 19.7 Å². The van der Waals surface area contributed by atoms with E-state index in [-0.39, 0.29) is 6.10 Å². The van der Waals surface area contributed by atoms with Crippen molar-refractivity contribution >= 4 is 0 Å². The van der Waals surface area contributed by atoms with Crippen LogP contribution in [0, 0.1) is 10.2 Å². The number of halogens is 1. The Kier molecular flexibility index (Phi) is 7.38. The summed E-state index contributed by atoms with van der Waals surface area (Å²) < 4.78 is 32.7. The van der Waals surface area contributed by atoms with Gasteiger partial charge < -0.3 is 10.8 Å². The average Bonchev–Trinajstić information content (AvgIpc) is 1.61. The Morgan fingerprint density at radius 2 is 1.60 bits per heavy atom. The minimum atomic E-state index is -4.69. The molecule has 0 spiro atoms. The van der Waals surface area contributed by atoms with Crippen LogP contribution in [0.4, 0.5) is 0 Å². The molecule has 0 rings (SSSR count). The molecule has 0 radical (unpaired) electrons. The maximum Gasteiger partial charge on any atom is 0.0777 e.